The zero-order valence-corrected chi connectivity index (χ0v) is 17.4. The number of hydrogen-bond acceptors (Lipinski definition) is 2. The molecule has 3 aromatic rings. The van der Waals surface area contributed by atoms with Crippen molar-refractivity contribution in [2.45, 2.75) is 26.3 Å². The van der Waals surface area contributed by atoms with Gasteiger partial charge < -0.3 is 0 Å². The minimum atomic E-state index is -0.643. The van der Waals surface area contributed by atoms with Crippen LogP contribution in [0.25, 0.3) is 11.1 Å². The highest BCUT2D eigenvalue weighted by molar-refractivity contribution is 6.33. The zero-order valence-electron chi connectivity index (χ0n) is 16.6. The van der Waals surface area contributed by atoms with Crippen LogP contribution in [-0.4, -0.2) is 22.4 Å². The number of nitrogens with zero attached hydrogens (tertiary/aromatic N) is 1. The van der Waals surface area contributed by atoms with E-state index in [4.69, 9.17) is 11.6 Å². The van der Waals surface area contributed by atoms with Gasteiger partial charge in [-0.3, -0.25) is 15.0 Å². The summed E-state index contributed by atoms with van der Waals surface area (Å²) in [7, 11) is 0. The van der Waals surface area contributed by atoms with E-state index in [-0.39, 0.29) is 11.8 Å². The fourth-order valence-corrected chi connectivity index (χ4v) is 3.11. The quantitative estimate of drug-likeness (QED) is 0.576. The largest absolute Gasteiger partial charge is 0.274 e. The molecule has 0 aliphatic heterocycles. The summed E-state index contributed by atoms with van der Waals surface area (Å²) in [5, 5.41) is 1.66. The maximum absolute atomic E-state index is 13.0. The summed E-state index contributed by atoms with van der Waals surface area (Å²) < 4.78 is 0. The summed E-state index contributed by atoms with van der Waals surface area (Å²) in [6, 6.07) is 24.0. The Morgan fingerprint density at radius 2 is 1.34 bits per heavy atom. The minimum absolute atomic E-state index is 0.337. The smallest absolute Gasteiger partial charge is 0.267 e. The predicted octanol–water partition coefficient (Wildman–Crippen LogP) is 5.59. The van der Waals surface area contributed by atoms with Gasteiger partial charge >= 0.3 is 0 Å². The number of benzene rings is 3. The van der Waals surface area contributed by atoms with Crippen LogP contribution < -0.4 is 5.43 Å². The van der Waals surface area contributed by atoms with Crippen LogP contribution in [0, 0.1) is 0 Å². The van der Waals surface area contributed by atoms with E-state index in [2.05, 4.69) is 5.43 Å². The third-order valence-corrected chi connectivity index (χ3v) is 4.78. The van der Waals surface area contributed by atoms with Crippen LogP contribution in [0.3, 0.4) is 0 Å². The molecule has 3 rings (SSSR count). The van der Waals surface area contributed by atoms with Gasteiger partial charge in [-0.15, -0.1) is 0 Å². The molecule has 2 amide bonds. The monoisotopic (exact) mass is 406 g/mol. The molecule has 5 heteroatoms. The van der Waals surface area contributed by atoms with E-state index in [1.807, 2.05) is 63.2 Å². The number of nitrogens with one attached hydrogen (secondary N) is 1. The fraction of sp³-hybridized carbons (Fsp3) is 0.167. The first-order chi connectivity index (χ1) is 13.8. The molecule has 4 nitrogen and oxygen atoms in total. The third-order valence-electron chi connectivity index (χ3n) is 4.45. The van der Waals surface area contributed by atoms with Crippen LogP contribution in [0.2, 0.25) is 5.02 Å². The van der Waals surface area contributed by atoms with Crippen molar-refractivity contribution in [1.82, 2.24) is 10.4 Å². The molecule has 0 unspecified atom stereocenters. The Morgan fingerprint density at radius 1 is 0.793 bits per heavy atom. The SMILES string of the molecule is CC(C)(C)N(NC(=O)c1ccc(-c2ccccc2)cc1)C(=O)c1ccccc1Cl. The molecule has 0 radical (unpaired) electrons. The second-order valence-electron chi connectivity index (χ2n) is 7.68. The van der Waals surface area contributed by atoms with Gasteiger partial charge in [0.15, 0.2) is 0 Å². The van der Waals surface area contributed by atoms with Gasteiger partial charge in [-0.05, 0) is 56.2 Å². The van der Waals surface area contributed by atoms with Crippen molar-refractivity contribution in [2.24, 2.45) is 0 Å². The molecule has 0 heterocycles. The van der Waals surface area contributed by atoms with Crippen molar-refractivity contribution in [3.05, 3.63) is 95.0 Å². The molecule has 0 bridgehead atoms. The van der Waals surface area contributed by atoms with Crippen LogP contribution in [0.5, 0.6) is 0 Å². The predicted molar refractivity (Wildman–Crippen MR) is 117 cm³/mol. The summed E-state index contributed by atoms with van der Waals surface area (Å²) in [6.07, 6.45) is 0. The molecule has 0 aliphatic rings. The minimum Gasteiger partial charge on any atom is -0.267 e. The lowest BCUT2D eigenvalue weighted by molar-refractivity contribution is 0.0359. The van der Waals surface area contributed by atoms with Crippen molar-refractivity contribution >= 4 is 23.4 Å². The topological polar surface area (TPSA) is 49.4 Å². The van der Waals surface area contributed by atoms with E-state index in [0.717, 1.165) is 11.1 Å². The molecular weight excluding hydrogens is 384 g/mol. The van der Waals surface area contributed by atoms with Crippen LogP contribution in [0.15, 0.2) is 78.9 Å². The van der Waals surface area contributed by atoms with Gasteiger partial charge in [-0.25, -0.2) is 5.01 Å². The van der Waals surface area contributed by atoms with Crippen LogP contribution in [0.4, 0.5) is 0 Å². The lowest BCUT2D eigenvalue weighted by atomic mass is 10.0. The van der Waals surface area contributed by atoms with Gasteiger partial charge in [0.1, 0.15) is 0 Å². The molecule has 0 saturated heterocycles. The number of carbonyl (C=O) groups is 2. The van der Waals surface area contributed by atoms with E-state index in [1.165, 1.54) is 5.01 Å². The highest BCUT2D eigenvalue weighted by Gasteiger charge is 2.30. The Labute approximate surface area is 176 Å². The Bertz CT molecular complexity index is 1010. The average molecular weight is 407 g/mol. The number of hydrogen-bond donors (Lipinski definition) is 1. The second kappa shape index (κ2) is 8.50. The number of amides is 2. The van der Waals surface area contributed by atoms with Gasteiger partial charge in [0, 0.05) is 5.56 Å². The number of rotatable bonds is 3. The lowest BCUT2D eigenvalue weighted by Gasteiger charge is -2.35. The average Bonchev–Trinajstić information content (AvgIpc) is 2.71. The van der Waals surface area contributed by atoms with Crippen LogP contribution in [0.1, 0.15) is 41.5 Å². The highest BCUT2D eigenvalue weighted by atomic mass is 35.5. The van der Waals surface area contributed by atoms with E-state index < -0.39 is 5.54 Å². The molecular formula is C24H23ClN2O2. The number of hydrazine groups is 1. The molecule has 148 valence electrons. The van der Waals surface area contributed by atoms with Crippen molar-refractivity contribution in [3.63, 3.8) is 0 Å². The second-order valence-corrected chi connectivity index (χ2v) is 8.08. The van der Waals surface area contributed by atoms with Crippen molar-refractivity contribution in [2.75, 3.05) is 0 Å². The zero-order chi connectivity index (χ0) is 21.0. The molecule has 0 fully saturated rings. The third kappa shape index (κ3) is 4.84. The molecule has 0 aromatic heterocycles. The summed E-state index contributed by atoms with van der Waals surface area (Å²) in [4.78, 5) is 25.9. The van der Waals surface area contributed by atoms with Gasteiger partial charge in [0.2, 0.25) is 0 Å². The first-order valence-corrected chi connectivity index (χ1v) is 9.71. The van der Waals surface area contributed by atoms with E-state index >= 15 is 0 Å². The Hall–Kier alpha value is -3.11. The molecule has 0 aliphatic carbocycles. The van der Waals surface area contributed by atoms with Gasteiger partial charge in [0.25, 0.3) is 11.8 Å². The molecule has 29 heavy (non-hydrogen) atoms. The standard InChI is InChI=1S/C24H23ClN2O2/c1-24(2,3)27(23(29)20-11-7-8-12-21(20)25)26-22(28)19-15-13-18(14-16-19)17-9-5-4-6-10-17/h4-16H,1-3H3,(H,26,28). The molecule has 0 spiro atoms. The Morgan fingerprint density at radius 3 is 1.93 bits per heavy atom. The van der Waals surface area contributed by atoms with Crippen LogP contribution >= 0.6 is 11.6 Å². The number of carbonyl (C=O) groups excluding carboxylic acids is 2. The fourth-order valence-electron chi connectivity index (χ4n) is 2.89. The van der Waals surface area contributed by atoms with Gasteiger partial charge in [-0.1, -0.05) is 66.2 Å². The van der Waals surface area contributed by atoms with Crippen molar-refractivity contribution in [3.8, 4) is 11.1 Å². The van der Waals surface area contributed by atoms with E-state index in [0.29, 0.717) is 16.1 Å². The maximum atomic E-state index is 13.0. The number of halogens is 1. The molecule has 3 aromatic carbocycles. The Kier molecular flexibility index (Phi) is 6.04. The van der Waals surface area contributed by atoms with Gasteiger partial charge in [-0.2, -0.15) is 0 Å². The lowest BCUT2D eigenvalue weighted by Crippen LogP contribution is -2.55. The Balaban J connectivity index is 1.82. The first kappa shape index (κ1) is 20.6. The molecule has 0 atom stereocenters. The summed E-state index contributed by atoms with van der Waals surface area (Å²) in [5.74, 6) is -0.725. The molecule has 1 N–H and O–H groups in total. The van der Waals surface area contributed by atoms with Crippen LogP contribution in [-0.2, 0) is 0 Å². The highest BCUT2D eigenvalue weighted by Crippen LogP contribution is 2.22. The first-order valence-electron chi connectivity index (χ1n) is 9.33. The maximum Gasteiger partial charge on any atom is 0.274 e. The van der Waals surface area contributed by atoms with Crippen molar-refractivity contribution in [1.29, 1.82) is 0 Å². The summed E-state index contributed by atoms with van der Waals surface area (Å²) in [6.45, 7) is 5.54. The summed E-state index contributed by atoms with van der Waals surface area (Å²) >= 11 is 6.18. The molecule has 0 saturated carbocycles. The normalized spacial score (nSPS) is 11.0. The van der Waals surface area contributed by atoms with Crippen molar-refractivity contribution < 1.29 is 9.59 Å². The van der Waals surface area contributed by atoms with E-state index in [9.17, 15) is 9.59 Å². The van der Waals surface area contributed by atoms with E-state index in [1.54, 1.807) is 36.4 Å². The summed E-state index contributed by atoms with van der Waals surface area (Å²) in [5.41, 5.74) is 4.99. The van der Waals surface area contributed by atoms with Gasteiger partial charge in [0.05, 0.1) is 16.1 Å².